The molecule has 0 radical (unpaired) electrons. The number of hydrogen-bond donors (Lipinski definition) is 2. The second-order valence-electron chi connectivity index (χ2n) is 7.93. The van der Waals surface area contributed by atoms with E-state index in [1.165, 1.54) is 9.47 Å². The minimum atomic E-state index is -0.671. The summed E-state index contributed by atoms with van der Waals surface area (Å²) in [5.74, 6) is -0.226. The molecule has 0 aliphatic carbocycles. The maximum Gasteiger partial charge on any atom is 0.330 e. The van der Waals surface area contributed by atoms with E-state index < -0.39 is 11.2 Å². The highest BCUT2D eigenvalue weighted by atomic mass is 16.2. The van der Waals surface area contributed by atoms with Gasteiger partial charge in [0.15, 0.2) is 17.6 Å². The van der Waals surface area contributed by atoms with E-state index in [0.29, 0.717) is 6.54 Å². The lowest BCUT2D eigenvalue weighted by Crippen LogP contribution is -2.49. The van der Waals surface area contributed by atoms with Crippen molar-refractivity contribution in [1.82, 2.24) is 9.55 Å². The average molecular weight is 423 g/mol. The third kappa shape index (κ3) is 5.09. The second kappa shape index (κ2) is 9.42. The third-order valence-corrected chi connectivity index (χ3v) is 4.99. The fourth-order valence-electron chi connectivity index (χ4n) is 3.41. The molecule has 162 valence electrons. The van der Waals surface area contributed by atoms with Gasteiger partial charge in [-0.2, -0.15) is 4.57 Å². The van der Waals surface area contributed by atoms with Gasteiger partial charge in [-0.15, -0.1) is 0 Å². The Morgan fingerprint density at radius 3 is 2.45 bits per heavy atom. The lowest BCUT2D eigenvalue weighted by molar-refractivity contribution is -0.690. The molecule has 8 heteroatoms. The molecule has 3 aromatic rings. The number of pyridine rings is 1. The Hall–Kier alpha value is -3.68. The number of benzene rings is 1. The molecular weight excluding hydrogens is 394 g/mol. The molecule has 31 heavy (non-hydrogen) atoms. The van der Waals surface area contributed by atoms with E-state index in [2.05, 4.69) is 4.98 Å². The van der Waals surface area contributed by atoms with Crippen molar-refractivity contribution in [3.63, 3.8) is 0 Å². The normalized spacial score (nSPS) is 11.0. The molecule has 0 aliphatic rings. The van der Waals surface area contributed by atoms with Gasteiger partial charge < -0.3 is 5.73 Å². The largest absolute Gasteiger partial charge is 0.383 e. The van der Waals surface area contributed by atoms with E-state index >= 15 is 0 Å². The minimum absolute atomic E-state index is 0.00316. The summed E-state index contributed by atoms with van der Waals surface area (Å²) in [5.41, 5.74) is 6.80. The minimum Gasteiger partial charge on any atom is -0.383 e. The Morgan fingerprint density at radius 1 is 1.13 bits per heavy atom. The van der Waals surface area contributed by atoms with Gasteiger partial charge in [-0.1, -0.05) is 50.2 Å². The first-order valence-electron chi connectivity index (χ1n) is 10.2. The number of rotatable bonds is 7. The van der Waals surface area contributed by atoms with E-state index in [0.717, 1.165) is 11.3 Å². The monoisotopic (exact) mass is 422 g/mol. The summed E-state index contributed by atoms with van der Waals surface area (Å²) in [6.45, 7) is 6.34. The highest BCUT2D eigenvalue weighted by Crippen LogP contribution is 2.19. The number of H-pyrrole nitrogens is 1. The van der Waals surface area contributed by atoms with Gasteiger partial charge in [0.1, 0.15) is 5.82 Å². The van der Waals surface area contributed by atoms with Crippen LogP contribution in [0, 0.1) is 12.8 Å². The van der Waals surface area contributed by atoms with Crippen molar-refractivity contribution < 1.29 is 9.36 Å². The van der Waals surface area contributed by atoms with Crippen molar-refractivity contribution in [3.8, 4) is 0 Å². The van der Waals surface area contributed by atoms with Gasteiger partial charge in [0.2, 0.25) is 6.54 Å². The topological polar surface area (TPSA) is 105 Å². The smallest absolute Gasteiger partial charge is 0.330 e. The van der Waals surface area contributed by atoms with E-state index in [-0.39, 0.29) is 36.4 Å². The van der Waals surface area contributed by atoms with Crippen molar-refractivity contribution in [2.45, 2.75) is 33.9 Å². The predicted molar refractivity (Wildman–Crippen MR) is 120 cm³/mol. The zero-order chi connectivity index (χ0) is 22.5. The molecule has 0 fully saturated rings. The van der Waals surface area contributed by atoms with Crippen molar-refractivity contribution >= 4 is 17.4 Å². The Balaban J connectivity index is 2.05. The fourth-order valence-corrected chi connectivity index (χ4v) is 3.41. The maximum atomic E-state index is 13.3. The van der Waals surface area contributed by atoms with Crippen LogP contribution in [0.1, 0.15) is 25.1 Å². The van der Waals surface area contributed by atoms with Gasteiger partial charge in [-0.05, 0) is 11.5 Å². The molecule has 0 aliphatic heterocycles. The summed E-state index contributed by atoms with van der Waals surface area (Å²) in [5, 5.41) is 0. The van der Waals surface area contributed by atoms with E-state index in [4.69, 9.17) is 5.73 Å². The number of carbonyl (C=O) groups excluding carboxylic acids is 1. The first-order valence-corrected chi connectivity index (χ1v) is 10.2. The molecule has 1 amide bonds. The summed E-state index contributed by atoms with van der Waals surface area (Å²) in [7, 11) is 0. The summed E-state index contributed by atoms with van der Waals surface area (Å²) < 4.78 is 3.09. The highest BCUT2D eigenvalue weighted by Gasteiger charge is 2.27. The van der Waals surface area contributed by atoms with Crippen LogP contribution in [0.2, 0.25) is 0 Å². The maximum absolute atomic E-state index is 13.3. The number of carbonyl (C=O) groups is 1. The molecule has 3 N–H and O–H groups in total. The SMILES string of the molecule is Cc1cccc[n+]1CC(=O)N(CC(C)C)c1c(N)n(Cc2ccccc2)c(=O)[nH]c1=O. The summed E-state index contributed by atoms with van der Waals surface area (Å²) in [6, 6.07) is 15.0. The quantitative estimate of drug-likeness (QED) is 0.562. The third-order valence-electron chi connectivity index (χ3n) is 4.99. The molecule has 0 bridgehead atoms. The van der Waals surface area contributed by atoms with Crippen molar-refractivity contribution in [1.29, 1.82) is 0 Å². The fraction of sp³-hybridized carbons (Fsp3) is 0.304. The van der Waals surface area contributed by atoms with Gasteiger partial charge in [0, 0.05) is 25.6 Å². The molecular formula is C23H28N5O3+. The Morgan fingerprint density at radius 2 is 1.81 bits per heavy atom. The van der Waals surface area contributed by atoms with Gasteiger partial charge in [-0.3, -0.25) is 24.0 Å². The Labute approximate surface area is 180 Å². The number of hydrogen-bond acceptors (Lipinski definition) is 4. The van der Waals surface area contributed by atoms with Crippen LogP contribution in [0.5, 0.6) is 0 Å². The summed E-state index contributed by atoms with van der Waals surface area (Å²) in [6.07, 6.45) is 1.81. The number of nitrogens with two attached hydrogens (primary N) is 1. The molecule has 0 unspecified atom stereocenters. The first-order chi connectivity index (χ1) is 14.8. The van der Waals surface area contributed by atoms with Crippen LogP contribution in [0.3, 0.4) is 0 Å². The molecule has 0 saturated heterocycles. The van der Waals surface area contributed by atoms with Crippen LogP contribution in [-0.4, -0.2) is 22.0 Å². The predicted octanol–water partition coefficient (Wildman–Crippen LogP) is 1.45. The molecule has 2 heterocycles. The molecule has 0 atom stereocenters. The summed E-state index contributed by atoms with van der Waals surface area (Å²) in [4.78, 5) is 42.2. The number of nitrogens with zero attached hydrogens (tertiary/aromatic N) is 3. The molecule has 2 aromatic heterocycles. The van der Waals surface area contributed by atoms with Crippen LogP contribution >= 0.6 is 0 Å². The molecule has 0 spiro atoms. The number of anilines is 2. The number of amides is 1. The van der Waals surface area contributed by atoms with E-state index in [1.54, 1.807) is 4.57 Å². The summed E-state index contributed by atoms with van der Waals surface area (Å²) >= 11 is 0. The zero-order valence-electron chi connectivity index (χ0n) is 18.0. The number of aromatic amines is 1. The number of aromatic nitrogens is 3. The van der Waals surface area contributed by atoms with Crippen molar-refractivity contribution in [3.05, 3.63) is 86.8 Å². The van der Waals surface area contributed by atoms with Gasteiger partial charge in [-0.25, -0.2) is 4.79 Å². The van der Waals surface area contributed by atoms with Crippen LogP contribution in [0.15, 0.2) is 64.3 Å². The van der Waals surface area contributed by atoms with Crippen molar-refractivity contribution in [2.75, 3.05) is 17.2 Å². The van der Waals surface area contributed by atoms with Gasteiger partial charge in [0.25, 0.3) is 11.5 Å². The number of nitrogen functional groups attached to an aromatic ring is 1. The van der Waals surface area contributed by atoms with Crippen LogP contribution in [-0.2, 0) is 17.9 Å². The second-order valence-corrected chi connectivity index (χ2v) is 7.93. The molecule has 1 aromatic carbocycles. The van der Waals surface area contributed by atoms with E-state index in [1.807, 2.05) is 75.5 Å². The lowest BCUT2D eigenvalue weighted by Gasteiger charge is -2.25. The van der Waals surface area contributed by atoms with Gasteiger partial charge >= 0.3 is 5.69 Å². The first kappa shape index (κ1) is 22.0. The standard InChI is InChI=1S/C23H27N5O3/c1-16(2)13-27(19(29)15-26-12-8-7-9-17(26)3)20-21(24)28(23(31)25-22(20)30)14-18-10-5-4-6-11-18/h4-12,16H,13-15H2,1-3H3,(H2-,24,25,30,31)/p+1. The average Bonchev–Trinajstić information content (AvgIpc) is 2.72. The Bertz CT molecular complexity index is 1180. The van der Waals surface area contributed by atoms with Crippen LogP contribution < -0.4 is 26.4 Å². The molecule has 3 rings (SSSR count). The lowest BCUT2D eigenvalue weighted by atomic mass is 10.2. The van der Waals surface area contributed by atoms with Crippen LogP contribution in [0.25, 0.3) is 0 Å². The Kier molecular flexibility index (Phi) is 6.69. The van der Waals surface area contributed by atoms with E-state index in [9.17, 15) is 14.4 Å². The van der Waals surface area contributed by atoms with Gasteiger partial charge in [0.05, 0.1) is 6.54 Å². The number of nitrogens with one attached hydrogen (secondary N) is 1. The molecule has 0 saturated carbocycles. The molecule has 8 nitrogen and oxygen atoms in total. The van der Waals surface area contributed by atoms with Crippen molar-refractivity contribution in [2.24, 2.45) is 5.92 Å². The zero-order valence-corrected chi connectivity index (χ0v) is 18.0. The number of aryl methyl sites for hydroxylation is 1. The van der Waals surface area contributed by atoms with Crippen LogP contribution in [0.4, 0.5) is 11.5 Å². The highest BCUT2D eigenvalue weighted by molar-refractivity contribution is 5.94.